The van der Waals surface area contributed by atoms with Gasteiger partial charge in [0.2, 0.25) is 5.91 Å². The topological polar surface area (TPSA) is 61.8 Å². The van der Waals surface area contributed by atoms with Crippen LogP contribution in [0, 0.1) is 5.92 Å². The highest BCUT2D eigenvalue weighted by Crippen LogP contribution is 1.97. The van der Waals surface area contributed by atoms with Gasteiger partial charge >= 0.3 is 0 Å². The zero-order valence-corrected chi connectivity index (χ0v) is 13.0. The first-order valence-corrected chi connectivity index (χ1v) is 7.20. The van der Waals surface area contributed by atoms with Gasteiger partial charge in [-0.15, -0.1) is 0 Å². The van der Waals surface area contributed by atoms with Gasteiger partial charge in [-0.3, -0.25) is 4.79 Å². The van der Waals surface area contributed by atoms with Crippen LogP contribution in [-0.2, 0) is 9.53 Å². The second-order valence-corrected chi connectivity index (χ2v) is 5.23. The molecule has 0 aliphatic heterocycles. The molecule has 2 N–H and O–H groups in total. The summed E-state index contributed by atoms with van der Waals surface area (Å²) in [5.74, 6) is 0.531. The Morgan fingerprint density at radius 2 is 1.79 bits per heavy atom. The Morgan fingerprint density at radius 3 is 2.26 bits per heavy atom. The molecule has 114 valence electrons. The number of carbonyl (C=O) groups is 1. The minimum atomic E-state index is -0.578. The number of hydrogen-bond donors (Lipinski definition) is 2. The van der Waals surface area contributed by atoms with Crippen LogP contribution in [0.25, 0.3) is 0 Å². The van der Waals surface area contributed by atoms with Gasteiger partial charge in [0, 0.05) is 26.2 Å². The Hall–Kier alpha value is -0.650. The van der Waals surface area contributed by atoms with E-state index in [1.54, 1.807) is 4.90 Å². The molecule has 1 amide bonds. The van der Waals surface area contributed by atoms with E-state index in [0.717, 1.165) is 0 Å². The van der Waals surface area contributed by atoms with Crippen molar-refractivity contribution in [2.75, 3.05) is 32.8 Å². The van der Waals surface area contributed by atoms with Crippen LogP contribution in [-0.4, -0.2) is 60.9 Å². The van der Waals surface area contributed by atoms with Gasteiger partial charge in [-0.1, -0.05) is 13.8 Å². The second kappa shape index (κ2) is 10.2. The van der Waals surface area contributed by atoms with E-state index in [9.17, 15) is 9.90 Å². The van der Waals surface area contributed by atoms with Gasteiger partial charge in [0.25, 0.3) is 0 Å². The molecule has 0 aromatic carbocycles. The maximum absolute atomic E-state index is 12.0. The summed E-state index contributed by atoms with van der Waals surface area (Å²) >= 11 is 0. The van der Waals surface area contributed by atoms with Gasteiger partial charge in [-0.25, -0.2) is 0 Å². The van der Waals surface area contributed by atoms with Gasteiger partial charge in [-0.2, -0.15) is 0 Å². The maximum atomic E-state index is 12.0. The monoisotopic (exact) mass is 274 g/mol. The molecule has 0 aromatic rings. The summed E-state index contributed by atoms with van der Waals surface area (Å²) in [6.45, 7) is 12.6. The van der Waals surface area contributed by atoms with Crippen molar-refractivity contribution in [2.45, 2.75) is 46.8 Å². The quantitative estimate of drug-likeness (QED) is 0.620. The van der Waals surface area contributed by atoms with Crippen molar-refractivity contribution in [3.63, 3.8) is 0 Å². The fourth-order valence-electron chi connectivity index (χ4n) is 1.71. The third kappa shape index (κ3) is 8.18. The lowest BCUT2D eigenvalue weighted by Crippen LogP contribution is -2.47. The van der Waals surface area contributed by atoms with Crippen molar-refractivity contribution in [3.05, 3.63) is 0 Å². The molecule has 0 saturated heterocycles. The van der Waals surface area contributed by atoms with Gasteiger partial charge in [0.15, 0.2) is 0 Å². The average Bonchev–Trinajstić information content (AvgIpc) is 2.36. The van der Waals surface area contributed by atoms with Crippen LogP contribution in [0.2, 0.25) is 0 Å². The lowest BCUT2D eigenvalue weighted by molar-refractivity contribution is -0.132. The SMILES string of the molecule is CCN(CC)C(=O)C(C)NCC(O)COCC(C)C. The van der Waals surface area contributed by atoms with Crippen LogP contribution in [0.4, 0.5) is 0 Å². The Bertz CT molecular complexity index is 243. The predicted octanol–water partition coefficient (Wildman–Crippen LogP) is 0.866. The molecule has 2 atom stereocenters. The predicted molar refractivity (Wildman–Crippen MR) is 77.1 cm³/mol. The molecule has 0 aliphatic carbocycles. The van der Waals surface area contributed by atoms with Gasteiger partial charge in [0.05, 0.1) is 18.8 Å². The number of hydrogen-bond acceptors (Lipinski definition) is 4. The number of ether oxygens (including phenoxy) is 1. The van der Waals surface area contributed by atoms with E-state index in [1.165, 1.54) is 0 Å². The van der Waals surface area contributed by atoms with Crippen LogP contribution < -0.4 is 5.32 Å². The molecule has 0 heterocycles. The summed E-state index contributed by atoms with van der Waals surface area (Å²) in [5, 5.41) is 12.8. The standard InChI is InChI=1S/C14H30N2O3/c1-6-16(7-2)14(18)12(5)15-8-13(17)10-19-9-11(3)4/h11-13,15,17H,6-10H2,1-5H3. The zero-order chi connectivity index (χ0) is 14.8. The molecule has 0 aliphatic rings. The third-order valence-corrected chi connectivity index (χ3v) is 2.87. The Balaban J connectivity index is 3.88. The van der Waals surface area contributed by atoms with Crippen molar-refractivity contribution in [1.82, 2.24) is 10.2 Å². The lowest BCUT2D eigenvalue weighted by atomic mass is 10.2. The minimum Gasteiger partial charge on any atom is -0.389 e. The number of aliphatic hydroxyl groups excluding tert-OH is 1. The molecule has 0 bridgehead atoms. The van der Waals surface area contributed by atoms with Gasteiger partial charge in [0.1, 0.15) is 0 Å². The first kappa shape index (κ1) is 18.4. The normalized spacial score (nSPS) is 14.5. The number of nitrogens with zero attached hydrogens (tertiary/aromatic N) is 1. The van der Waals surface area contributed by atoms with E-state index in [2.05, 4.69) is 19.2 Å². The molecule has 0 aromatic heterocycles. The minimum absolute atomic E-state index is 0.0697. The summed E-state index contributed by atoms with van der Waals surface area (Å²) in [4.78, 5) is 13.7. The zero-order valence-electron chi connectivity index (χ0n) is 13.0. The van der Waals surface area contributed by atoms with Crippen LogP contribution >= 0.6 is 0 Å². The largest absolute Gasteiger partial charge is 0.389 e. The summed E-state index contributed by atoms with van der Waals surface area (Å²) in [6.07, 6.45) is -0.578. The Labute approximate surface area is 117 Å². The third-order valence-electron chi connectivity index (χ3n) is 2.87. The summed E-state index contributed by atoms with van der Waals surface area (Å²) in [6, 6.07) is -0.278. The number of carbonyl (C=O) groups excluding carboxylic acids is 1. The highest BCUT2D eigenvalue weighted by atomic mass is 16.5. The summed E-state index contributed by atoms with van der Waals surface area (Å²) < 4.78 is 5.35. The van der Waals surface area contributed by atoms with E-state index >= 15 is 0 Å². The molecular weight excluding hydrogens is 244 g/mol. The maximum Gasteiger partial charge on any atom is 0.239 e. The smallest absolute Gasteiger partial charge is 0.239 e. The van der Waals surface area contributed by atoms with Crippen molar-refractivity contribution < 1.29 is 14.6 Å². The number of amides is 1. The summed E-state index contributed by atoms with van der Waals surface area (Å²) in [7, 11) is 0. The van der Waals surface area contributed by atoms with Crippen LogP contribution in [0.3, 0.4) is 0 Å². The van der Waals surface area contributed by atoms with Crippen LogP contribution in [0.1, 0.15) is 34.6 Å². The summed E-state index contributed by atoms with van der Waals surface area (Å²) in [5.41, 5.74) is 0. The Morgan fingerprint density at radius 1 is 1.21 bits per heavy atom. The van der Waals surface area contributed by atoms with Crippen LogP contribution in [0.15, 0.2) is 0 Å². The molecule has 0 spiro atoms. The lowest BCUT2D eigenvalue weighted by Gasteiger charge is -2.24. The van der Waals surface area contributed by atoms with Crippen LogP contribution in [0.5, 0.6) is 0 Å². The van der Waals surface area contributed by atoms with Crippen molar-refractivity contribution in [1.29, 1.82) is 0 Å². The molecule has 0 radical (unpaired) electrons. The average molecular weight is 274 g/mol. The molecule has 0 fully saturated rings. The van der Waals surface area contributed by atoms with E-state index in [0.29, 0.717) is 38.8 Å². The van der Waals surface area contributed by atoms with Gasteiger partial charge < -0.3 is 20.1 Å². The fraction of sp³-hybridized carbons (Fsp3) is 0.929. The number of rotatable bonds is 10. The molecule has 0 saturated carbocycles. The first-order chi connectivity index (χ1) is 8.92. The highest BCUT2D eigenvalue weighted by molar-refractivity contribution is 5.81. The van der Waals surface area contributed by atoms with E-state index in [1.807, 2.05) is 20.8 Å². The van der Waals surface area contributed by atoms with Crippen molar-refractivity contribution in [2.24, 2.45) is 5.92 Å². The van der Waals surface area contributed by atoms with E-state index in [-0.39, 0.29) is 11.9 Å². The fourth-order valence-corrected chi connectivity index (χ4v) is 1.71. The number of nitrogens with one attached hydrogen (secondary N) is 1. The molecule has 0 rings (SSSR count). The molecule has 2 unspecified atom stereocenters. The number of likely N-dealkylation sites (N-methyl/N-ethyl adjacent to an activating group) is 1. The number of aliphatic hydroxyl groups is 1. The van der Waals surface area contributed by atoms with Gasteiger partial charge in [-0.05, 0) is 26.7 Å². The van der Waals surface area contributed by atoms with Crippen molar-refractivity contribution >= 4 is 5.91 Å². The van der Waals surface area contributed by atoms with E-state index in [4.69, 9.17) is 4.74 Å². The first-order valence-electron chi connectivity index (χ1n) is 7.20. The van der Waals surface area contributed by atoms with Crippen molar-refractivity contribution in [3.8, 4) is 0 Å². The molecule has 5 heteroatoms. The molecular formula is C14H30N2O3. The van der Waals surface area contributed by atoms with E-state index < -0.39 is 6.10 Å². The molecule has 5 nitrogen and oxygen atoms in total. The second-order valence-electron chi connectivity index (χ2n) is 5.23. The Kier molecular flexibility index (Phi) is 9.83. The highest BCUT2D eigenvalue weighted by Gasteiger charge is 2.18. The molecule has 19 heavy (non-hydrogen) atoms.